The monoisotopic (exact) mass is 652 g/mol. The topological polar surface area (TPSA) is 102 Å². The first-order valence-corrected chi connectivity index (χ1v) is 16.0. The molecule has 7 rings (SSSR count). The minimum Gasteiger partial charge on any atom is -0.483 e. The summed E-state index contributed by atoms with van der Waals surface area (Å²) in [5, 5.41) is 7.12. The zero-order chi connectivity index (χ0) is 33.4. The van der Waals surface area contributed by atoms with Crippen molar-refractivity contribution in [3.63, 3.8) is 0 Å². The smallest absolute Gasteiger partial charge is 0.274 e. The second-order valence-corrected chi connectivity index (χ2v) is 12.7. The summed E-state index contributed by atoms with van der Waals surface area (Å²) in [5.74, 6) is -2.98. The van der Waals surface area contributed by atoms with E-state index < -0.39 is 34.6 Å². The van der Waals surface area contributed by atoms with E-state index in [1.165, 1.54) is 12.3 Å². The summed E-state index contributed by atoms with van der Waals surface area (Å²) in [5.41, 5.74) is 0.924. The Morgan fingerprint density at radius 2 is 1.77 bits per heavy atom. The second kappa shape index (κ2) is 12.7. The molecule has 1 aromatic heterocycles. The highest BCUT2D eigenvalue weighted by Gasteiger charge is 2.54. The molecule has 0 unspecified atom stereocenters. The molecule has 246 valence electrons. The lowest BCUT2D eigenvalue weighted by Gasteiger charge is -2.42. The minimum atomic E-state index is -0.848. The average Bonchev–Trinajstić information content (AvgIpc) is 3.45. The first-order chi connectivity index (χ1) is 23.2. The van der Waals surface area contributed by atoms with Crippen LogP contribution in [0.3, 0.4) is 0 Å². The molecule has 2 amide bonds. The normalized spacial score (nSPS) is 21.3. The third kappa shape index (κ3) is 5.85. The van der Waals surface area contributed by atoms with Crippen LogP contribution in [0.5, 0.6) is 5.75 Å². The van der Waals surface area contributed by atoms with Gasteiger partial charge < -0.3 is 24.4 Å². The zero-order valence-electron chi connectivity index (χ0n) is 26.3. The number of oxime groups is 1. The van der Waals surface area contributed by atoms with Crippen molar-refractivity contribution in [1.82, 2.24) is 14.8 Å². The third-order valence-electron chi connectivity index (χ3n) is 9.52. The van der Waals surface area contributed by atoms with Gasteiger partial charge in [0, 0.05) is 49.8 Å². The molecule has 3 atom stereocenters. The first-order valence-electron chi connectivity index (χ1n) is 16.0. The number of benzene rings is 3. The van der Waals surface area contributed by atoms with Crippen LogP contribution in [0.1, 0.15) is 69.8 Å². The number of hydrogen-bond donors (Lipinski definition) is 1. The van der Waals surface area contributed by atoms with Crippen molar-refractivity contribution in [3.8, 4) is 5.75 Å². The maximum Gasteiger partial charge on any atom is 0.274 e. The van der Waals surface area contributed by atoms with Gasteiger partial charge in [-0.2, -0.15) is 0 Å². The number of aromatic nitrogens is 1. The first kappa shape index (κ1) is 31.3. The van der Waals surface area contributed by atoms with Crippen LogP contribution in [0.25, 0.3) is 0 Å². The largest absolute Gasteiger partial charge is 0.483 e. The molecule has 3 aromatic carbocycles. The van der Waals surface area contributed by atoms with Gasteiger partial charge in [-0.25, -0.2) is 8.78 Å². The highest BCUT2D eigenvalue weighted by molar-refractivity contribution is 5.99. The zero-order valence-corrected chi connectivity index (χ0v) is 26.3. The van der Waals surface area contributed by atoms with Gasteiger partial charge in [0.05, 0.1) is 11.8 Å². The Morgan fingerprint density at radius 1 is 1.04 bits per heavy atom. The molecule has 0 saturated carbocycles. The highest BCUT2D eigenvalue weighted by atomic mass is 19.1. The fourth-order valence-electron chi connectivity index (χ4n) is 6.90. The number of hydrogen-bond acceptors (Lipinski definition) is 6. The summed E-state index contributed by atoms with van der Waals surface area (Å²) >= 11 is 0. The molecule has 4 heterocycles. The molecular weight excluding hydrogens is 618 g/mol. The molecule has 0 radical (unpaired) electrons. The number of nitrogens with one attached hydrogen (secondary N) is 1. The van der Waals surface area contributed by atoms with Crippen LogP contribution >= 0.6 is 0 Å². The van der Waals surface area contributed by atoms with E-state index in [1.807, 2.05) is 67.6 Å². The Morgan fingerprint density at radius 3 is 2.50 bits per heavy atom. The van der Waals surface area contributed by atoms with E-state index in [2.05, 4.69) is 10.5 Å². The molecule has 1 spiro atoms. The van der Waals surface area contributed by atoms with Gasteiger partial charge in [0.1, 0.15) is 23.8 Å². The molecule has 48 heavy (non-hydrogen) atoms. The third-order valence-corrected chi connectivity index (χ3v) is 9.52. The summed E-state index contributed by atoms with van der Waals surface area (Å²) < 4.78 is 35.7. The summed E-state index contributed by atoms with van der Waals surface area (Å²) in [6.45, 7) is 1.95. The van der Waals surface area contributed by atoms with Crippen molar-refractivity contribution in [2.45, 2.75) is 63.4 Å². The predicted octanol–water partition coefficient (Wildman–Crippen LogP) is 5.57. The van der Waals surface area contributed by atoms with Gasteiger partial charge in [0.25, 0.3) is 11.8 Å². The van der Waals surface area contributed by atoms with E-state index in [0.717, 1.165) is 29.0 Å². The highest BCUT2D eigenvalue weighted by Crippen LogP contribution is 2.46. The van der Waals surface area contributed by atoms with Gasteiger partial charge in [-0.3, -0.25) is 14.4 Å². The molecule has 2 bridgehead atoms. The Kier molecular flexibility index (Phi) is 8.28. The van der Waals surface area contributed by atoms with Crippen molar-refractivity contribution in [2.75, 3.05) is 6.54 Å². The van der Waals surface area contributed by atoms with Crippen LogP contribution in [0, 0.1) is 11.6 Å². The van der Waals surface area contributed by atoms with Crippen LogP contribution in [0.2, 0.25) is 0 Å². The van der Waals surface area contributed by atoms with E-state index in [-0.39, 0.29) is 54.2 Å². The van der Waals surface area contributed by atoms with Crippen molar-refractivity contribution < 1.29 is 27.9 Å². The Bertz CT molecular complexity index is 1970. The fraction of sp³-hybridized carbons (Fsp3) is 0.297. The fourth-order valence-corrected chi connectivity index (χ4v) is 6.90. The van der Waals surface area contributed by atoms with Gasteiger partial charge >= 0.3 is 0 Å². The lowest BCUT2D eigenvalue weighted by atomic mass is 9.83. The van der Waals surface area contributed by atoms with Crippen molar-refractivity contribution >= 4 is 17.5 Å². The summed E-state index contributed by atoms with van der Waals surface area (Å²) in [6, 6.07) is 21.5. The van der Waals surface area contributed by atoms with Crippen LogP contribution in [-0.2, 0) is 24.4 Å². The molecule has 4 aromatic rings. The number of rotatable bonds is 8. The quantitative estimate of drug-likeness (QED) is 0.268. The molecule has 1 saturated heterocycles. The number of pyridine rings is 1. The maximum atomic E-state index is 14.4. The Labute approximate surface area is 275 Å². The van der Waals surface area contributed by atoms with Crippen LogP contribution < -0.4 is 15.5 Å². The number of halogens is 2. The number of carbonyl (C=O) groups is 2. The van der Waals surface area contributed by atoms with Crippen LogP contribution in [0.4, 0.5) is 8.78 Å². The second-order valence-electron chi connectivity index (χ2n) is 12.7. The van der Waals surface area contributed by atoms with Crippen molar-refractivity contribution in [3.05, 3.63) is 135 Å². The summed E-state index contributed by atoms with van der Waals surface area (Å²) in [6.07, 6.45) is 3.72. The van der Waals surface area contributed by atoms with E-state index in [1.54, 1.807) is 9.47 Å². The summed E-state index contributed by atoms with van der Waals surface area (Å²) in [4.78, 5) is 50.0. The van der Waals surface area contributed by atoms with Gasteiger partial charge in [0.2, 0.25) is 5.43 Å². The summed E-state index contributed by atoms with van der Waals surface area (Å²) in [7, 11) is 0. The molecule has 1 N–H and O–H groups in total. The number of nitrogens with zero attached hydrogens (tertiary/aromatic N) is 3. The predicted molar refractivity (Wildman–Crippen MR) is 174 cm³/mol. The Balaban J connectivity index is 1.29. The molecule has 0 aliphatic carbocycles. The standard InChI is InChI=1S/C37H34F2N4O5/c1-23-14-15-37(18-28(41-48-37)16-24-8-4-2-5-9-24)31-21-42(23)36(46)32-34(47-22-25-10-6-3-7-11-25)33(44)29(20-43(31)32)35(45)40-19-26-12-13-27(38)17-30(26)39/h2-13,17,20,23,31H,14-16,18-19,21-22H2,1H3,(H,40,45)/t23-,31+,37-/m0/s1. The average molecular weight is 653 g/mol. The molecule has 3 aliphatic heterocycles. The van der Waals surface area contributed by atoms with Gasteiger partial charge in [-0.05, 0) is 37.0 Å². The lowest BCUT2D eigenvalue weighted by Crippen LogP contribution is -2.52. The van der Waals surface area contributed by atoms with E-state index in [9.17, 15) is 23.2 Å². The van der Waals surface area contributed by atoms with E-state index in [4.69, 9.17) is 9.57 Å². The molecule has 3 aliphatic rings. The molecule has 1 fully saturated rings. The van der Waals surface area contributed by atoms with E-state index in [0.29, 0.717) is 25.7 Å². The van der Waals surface area contributed by atoms with Crippen LogP contribution in [-0.4, -0.2) is 45.2 Å². The van der Waals surface area contributed by atoms with E-state index >= 15 is 0 Å². The van der Waals surface area contributed by atoms with Gasteiger partial charge in [0.15, 0.2) is 17.0 Å². The van der Waals surface area contributed by atoms with Gasteiger partial charge in [-0.1, -0.05) is 71.9 Å². The van der Waals surface area contributed by atoms with Crippen LogP contribution in [0.15, 0.2) is 95.0 Å². The number of fused-ring (bicyclic) bond motifs is 5. The molecule has 11 heteroatoms. The number of amides is 2. The SMILES string of the molecule is C[C@H]1CC[C@]2(CC(Cc3ccccc3)=NO2)[C@H]2CN1C(=O)c1c(OCc3ccccc3)c(=O)c(C(=O)NCc3ccc(F)cc3F)cn12. The molecule has 9 nitrogen and oxygen atoms in total. The van der Waals surface area contributed by atoms with Crippen molar-refractivity contribution in [1.29, 1.82) is 0 Å². The van der Waals surface area contributed by atoms with Gasteiger partial charge in [-0.15, -0.1) is 0 Å². The maximum absolute atomic E-state index is 14.4. The number of carbonyl (C=O) groups excluding carboxylic acids is 2. The van der Waals surface area contributed by atoms with Crippen molar-refractivity contribution in [2.24, 2.45) is 5.16 Å². The molecular formula is C37H34F2N4O5. The minimum absolute atomic E-state index is 0.0194. The Hall–Kier alpha value is -5.32. The lowest BCUT2D eigenvalue weighted by molar-refractivity contribution is -0.0656. The number of ether oxygens (including phenoxy) is 1.